The van der Waals surface area contributed by atoms with Gasteiger partial charge in [0.1, 0.15) is 17.3 Å². The van der Waals surface area contributed by atoms with Crippen molar-refractivity contribution in [2.75, 3.05) is 0 Å². The monoisotopic (exact) mass is 335 g/mol. The minimum absolute atomic E-state index is 0.0820. The van der Waals surface area contributed by atoms with E-state index in [9.17, 15) is 13.2 Å². The smallest absolute Gasteiger partial charge is 0.284 e. The molecule has 2 aromatic rings. The zero-order valence-electron chi connectivity index (χ0n) is 10.9. The van der Waals surface area contributed by atoms with Gasteiger partial charge in [0.2, 0.25) is 0 Å². The molecule has 0 saturated carbocycles. The summed E-state index contributed by atoms with van der Waals surface area (Å²) in [5.74, 6) is -1.53. The second-order valence-electron chi connectivity index (χ2n) is 4.29. The zero-order valence-corrected chi connectivity index (χ0v) is 12.5. The largest absolute Gasteiger partial charge is 0.464 e. The number of thioether (sulfide) groups is 1. The summed E-state index contributed by atoms with van der Waals surface area (Å²) in [6.45, 7) is 0.955. The molecule has 0 aliphatic carbocycles. The summed E-state index contributed by atoms with van der Waals surface area (Å²) in [6.07, 6.45) is 0. The van der Waals surface area contributed by atoms with Gasteiger partial charge in [0.15, 0.2) is 0 Å². The van der Waals surface area contributed by atoms with Gasteiger partial charge < -0.3 is 9.73 Å². The number of benzene rings is 1. The van der Waals surface area contributed by atoms with Crippen LogP contribution in [0.1, 0.15) is 17.1 Å². The summed E-state index contributed by atoms with van der Waals surface area (Å²) in [7, 11) is 0. The molecule has 1 aromatic heterocycles. The fourth-order valence-corrected chi connectivity index (χ4v) is 2.37. The molecule has 1 heterocycles. The van der Waals surface area contributed by atoms with E-state index in [1.54, 1.807) is 24.3 Å². The van der Waals surface area contributed by atoms with Gasteiger partial charge in [0.05, 0.1) is 17.3 Å². The number of alkyl halides is 2. The first-order valence-corrected chi connectivity index (χ1v) is 7.59. The number of hydrogen-bond donors (Lipinski definition) is 1. The van der Waals surface area contributed by atoms with Crippen LogP contribution in [-0.2, 0) is 18.8 Å². The van der Waals surface area contributed by atoms with Gasteiger partial charge in [0.25, 0.3) is 5.76 Å². The molecule has 21 heavy (non-hydrogen) atoms. The maximum absolute atomic E-state index is 13.0. The highest BCUT2D eigenvalue weighted by Crippen LogP contribution is 2.21. The normalized spacial score (nSPS) is 11.3. The maximum atomic E-state index is 13.0. The van der Waals surface area contributed by atoms with Crippen LogP contribution in [0.15, 0.2) is 34.7 Å². The van der Waals surface area contributed by atoms with E-state index in [0.29, 0.717) is 36.4 Å². The van der Waals surface area contributed by atoms with Gasteiger partial charge in [-0.25, -0.2) is 4.39 Å². The van der Waals surface area contributed by atoms with E-state index in [4.69, 9.17) is 16.0 Å². The highest BCUT2D eigenvalue weighted by Gasteiger charge is 2.07. The molecule has 0 amide bonds. The number of halogens is 4. The highest BCUT2D eigenvalue weighted by atomic mass is 35.5. The SMILES string of the molecule is Fc1ccc(CNCc2ccc(CSC(F)F)o2)cc1Cl. The van der Waals surface area contributed by atoms with Crippen LogP contribution in [-0.4, -0.2) is 5.76 Å². The molecule has 0 saturated heterocycles. The first-order chi connectivity index (χ1) is 10.0. The summed E-state index contributed by atoms with van der Waals surface area (Å²) in [5.41, 5.74) is 0.849. The van der Waals surface area contributed by atoms with Crippen LogP contribution in [0.2, 0.25) is 5.02 Å². The molecule has 2 nitrogen and oxygen atoms in total. The predicted molar refractivity (Wildman–Crippen MR) is 78.0 cm³/mol. The van der Waals surface area contributed by atoms with Crippen molar-refractivity contribution < 1.29 is 17.6 Å². The second-order valence-corrected chi connectivity index (χ2v) is 5.68. The standard InChI is InChI=1S/C14H13ClF3NOS/c15-12-5-9(1-4-13(12)16)6-19-7-10-2-3-11(20-10)8-21-14(17)18/h1-5,14,19H,6-8H2. The van der Waals surface area contributed by atoms with Gasteiger partial charge in [-0.2, -0.15) is 8.78 Å². The molecule has 0 aliphatic heterocycles. The molecule has 2 rings (SSSR count). The molecule has 7 heteroatoms. The van der Waals surface area contributed by atoms with Gasteiger partial charge in [0, 0.05) is 6.54 Å². The molecule has 1 N–H and O–H groups in total. The van der Waals surface area contributed by atoms with E-state index >= 15 is 0 Å². The zero-order chi connectivity index (χ0) is 15.2. The molecule has 0 radical (unpaired) electrons. The Bertz CT molecular complexity index is 591. The van der Waals surface area contributed by atoms with Crippen molar-refractivity contribution in [3.05, 3.63) is 58.3 Å². The fraction of sp³-hybridized carbons (Fsp3) is 0.286. The quantitative estimate of drug-likeness (QED) is 0.785. The van der Waals surface area contributed by atoms with E-state index in [2.05, 4.69) is 5.32 Å². The van der Waals surface area contributed by atoms with E-state index in [1.807, 2.05) is 0 Å². The van der Waals surface area contributed by atoms with E-state index in [-0.39, 0.29) is 10.8 Å². The third-order valence-electron chi connectivity index (χ3n) is 2.68. The minimum Gasteiger partial charge on any atom is -0.464 e. The van der Waals surface area contributed by atoms with Gasteiger partial charge >= 0.3 is 0 Å². The topological polar surface area (TPSA) is 25.2 Å². The average Bonchev–Trinajstić information content (AvgIpc) is 2.88. The van der Waals surface area contributed by atoms with E-state index in [1.165, 1.54) is 6.07 Å². The van der Waals surface area contributed by atoms with Crippen LogP contribution in [0, 0.1) is 5.82 Å². The Morgan fingerprint density at radius 1 is 1.14 bits per heavy atom. The van der Waals surface area contributed by atoms with Gasteiger partial charge in [-0.15, -0.1) is 0 Å². The molecule has 0 fully saturated rings. The van der Waals surface area contributed by atoms with Crippen LogP contribution in [0.3, 0.4) is 0 Å². The van der Waals surface area contributed by atoms with Crippen molar-refractivity contribution in [2.45, 2.75) is 24.6 Å². The number of nitrogens with one attached hydrogen (secondary N) is 1. The number of rotatable bonds is 7. The van der Waals surface area contributed by atoms with Crippen molar-refractivity contribution in [1.29, 1.82) is 0 Å². The summed E-state index contributed by atoms with van der Waals surface area (Å²) in [6, 6.07) is 7.93. The number of hydrogen-bond acceptors (Lipinski definition) is 3. The van der Waals surface area contributed by atoms with Gasteiger partial charge in [-0.3, -0.25) is 0 Å². The Kier molecular flexibility index (Phi) is 6.02. The molecule has 0 unspecified atom stereocenters. The van der Waals surface area contributed by atoms with Crippen LogP contribution in [0.4, 0.5) is 13.2 Å². The van der Waals surface area contributed by atoms with Crippen molar-refractivity contribution in [3.63, 3.8) is 0 Å². The second kappa shape index (κ2) is 7.77. The lowest BCUT2D eigenvalue weighted by atomic mass is 10.2. The molecule has 0 aliphatic rings. The third kappa shape index (κ3) is 5.30. The first-order valence-electron chi connectivity index (χ1n) is 6.16. The number of furan rings is 1. The van der Waals surface area contributed by atoms with Crippen LogP contribution < -0.4 is 5.32 Å². The Morgan fingerprint density at radius 3 is 2.62 bits per heavy atom. The Morgan fingerprint density at radius 2 is 1.90 bits per heavy atom. The lowest BCUT2D eigenvalue weighted by Gasteiger charge is -2.04. The Labute approximate surface area is 129 Å². The van der Waals surface area contributed by atoms with E-state index in [0.717, 1.165) is 5.56 Å². The summed E-state index contributed by atoms with van der Waals surface area (Å²) >= 11 is 6.21. The molecule has 114 valence electrons. The summed E-state index contributed by atoms with van der Waals surface area (Å²) in [4.78, 5) is 0. The van der Waals surface area contributed by atoms with Crippen LogP contribution >= 0.6 is 23.4 Å². The molecule has 1 aromatic carbocycles. The van der Waals surface area contributed by atoms with Crippen molar-refractivity contribution in [2.24, 2.45) is 0 Å². The van der Waals surface area contributed by atoms with Crippen molar-refractivity contribution in [3.8, 4) is 0 Å². The molecule has 0 bridgehead atoms. The Balaban J connectivity index is 1.79. The van der Waals surface area contributed by atoms with Gasteiger partial charge in [-0.1, -0.05) is 29.4 Å². The molecule has 0 atom stereocenters. The maximum Gasteiger partial charge on any atom is 0.284 e. The summed E-state index contributed by atoms with van der Waals surface area (Å²) in [5, 5.41) is 3.20. The minimum atomic E-state index is -2.40. The highest BCUT2D eigenvalue weighted by molar-refractivity contribution is 7.98. The van der Waals surface area contributed by atoms with Crippen LogP contribution in [0.5, 0.6) is 0 Å². The van der Waals surface area contributed by atoms with Crippen molar-refractivity contribution >= 4 is 23.4 Å². The molecule has 0 spiro atoms. The fourth-order valence-electron chi connectivity index (χ4n) is 1.72. The third-order valence-corrected chi connectivity index (χ3v) is 3.67. The molecular weight excluding hydrogens is 323 g/mol. The first kappa shape index (κ1) is 16.3. The summed E-state index contributed by atoms with van der Waals surface area (Å²) < 4.78 is 42.5. The average molecular weight is 336 g/mol. The van der Waals surface area contributed by atoms with E-state index < -0.39 is 11.6 Å². The lowest BCUT2D eigenvalue weighted by molar-refractivity contribution is 0.251. The van der Waals surface area contributed by atoms with Crippen LogP contribution in [0.25, 0.3) is 0 Å². The molecular formula is C14H13ClF3NOS. The predicted octanol–water partition coefficient (Wildman–Crippen LogP) is 4.82. The van der Waals surface area contributed by atoms with Crippen molar-refractivity contribution in [1.82, 2.24) is 5.32 Å². The van der Waals surface area contributed by atoms with Gasteiger partial charge in [-0.05, 0) is 29.8 Å². The lowest BCUT2D eigenvalue weighted by Crippen LogP contribution is -2.12. The Hall–Kier alpha value is -1.11.